The zero-order chi connectivity index (χ0) is 27.9. The van der Waals surface area contributed by atoms with Crippen molar-refractivity contribution in [2.45, 2.75) is 32.6 Å². The molecule has 2 heterocycles. The first-order valence-electron chi connectivity index (χ1n) is 13.0. The first kappa shape index (κ1) is 27.7. The third-order valence-electron chi connectivity index (χ3n) is 7.07. The molecule has 0 bridgehead atoms. The summed E-state index contributed by atoms with van der Waals surface area (Å²) in [5, 5.41) is 28.1. The van der Waals surface area contributed by atoms with E-state index in [2.05, 4.69) is 51.2 Å². The summed E-state index contributed by atoms with van der Waals surface area (Å²) in [6.07, 6.45) is 4.07. The molecular weight excluding hydrogens is 496 g/mol. The second-order valence-corrected chi connectivity index (χ2v) is 9.75. The van der Waals surface area contributed by atoms with E-state index < -0.39 is 17.9 Å². The van der Waals surface area contributed by atoms with Crippen LogP contribution in [0.3, 0.4) is 0 Å². The van der Waals surface area contributed by atoms with Crippen LogP contribution in [0.5, 0.6) is 0 Å². The van der Waals surface area contributed by atoms with Crippen LogP contribution in [0.1, 0.15) is 43.7 Å². The van der Waals surface area contributed by atoms with Gasteiger partial charge in [0.25, 0.3) is 0 Å². The van der Waals surface area contributed by atoms with Crippen LogP contribution in [-0.4, -0.2) is 59.3 Å². The zero-order valence-electron chi connectivity index (χ0n) is 22.2. The number of carbonyl (C=O) groups is 3. The summed E-state index contributed by atoms with van der Waals surface area (Å²) < 4.78 is 0. The molecular formula is C30H34N4O5. The highest BCUT2D eigenvalue weighted by molar-refractivity contribution is 5.98. The number of dihydropyridines is 1. The van der Waals surface area contributed by atoms with Gasteiger partial charge in [-0.3, -0.25) is 4.90 Å². The molecule has 5 N–H and O–H groups in total. The van der Waals surface area contributed by atoms with Gasteiger partial charge in [0.05, 0.1) is 17.1 Å². The average molecular weight is 531 g/mol. The summed E-state index contributed by atoms with van der Waals surface area (Å²) in [4.78, 5) is 39.0. The summed E-state index contributed by atoms with van der Waals surface area (Å²) in [5.74, 6) is -3.38. The monoisotopic (exact) mass is 530 g/mol. The molecule has 0 atom stereocenters. The quantitative estimate of drug-likeness (QED) is 0.304. The number of anilines is 1. The highest BCUT2D eigenvalue weighted by Gasteiger charge is 2.36. The number of urea groups is 1. The number of hydrogen-bond donors (Lipinski definition) is 5. The zero-order valence-corrected chi connectivity index (χ0v) is 22.2. The molecule has 0 aromatic heterocycles. The Labute approximate surface area is 227 Å². The standard InChI is InChI=1S/C30H34N4O5/c1-19-25(28(35)36)27(26(29(37)38)20(2)32-19)23-10-6-11-24(18-23)33-30(39)31-14-7-15-34-16-12-22(13-17-34)21-8-4-3-5-9-21/h3-6,8-12,18,27,32H,7,13-17H2,1-2H3,(H,35,36)(H,37,38)(H2,31,33,39). The van der Waals surface area contributed by atoms with E-state index in [1.165, 1.54) is 11.1 Å². The molecule has 2 aromatic rings. The number of nitrogens with zero attached hydrogens (tertiary/aromatic N) is 1. The van der Waals surface area contributed by atoms with E-state index >= 15 is 0 Å². The lowest BCUT2D eigenvalue weighted by Crippen LogP contribution is -2.34. The van der Waals surface area contributed by atoms with Gasteiger partial charge in [-0.15, -0.1) is 0 Å². The molecule has 2 aliphatic heterocycles. The maximum atomic E-state index is 12.5. The minimum atomic E-state index is -1.20. The predicted molar refractivity (Wildman–Crippen MR) is 150 cm³/mol. The lowest BCUT2D eigenvalue weighted by Gasteiger charge is -2.29. The van der Waals surface area contributed by atoms with Crippen molar-refractivity contribution in [2.24, 2.45) is 0 Å². The lowest BCUT2D eigenvalue weighted by atomic mass is 9.80. The Morgan fingerprint density at radius 2 is 1.67 bits per heavy atom. The number of carboxylic acid groups (broad SMARTS) is 2. The average Bonchev–Trinajstić information content (AvgIpc) is 2.91. The fraction of sp³-hybridized carbons (Fsp3) is 0.300. The summed E-state index contributed by atoms with van der Waals surface area (Å²) in [7, 11) is 0. The Balaban J connectivity index is 1.32. The maximum Gasteiger partial charge on any atom is 0.334 e. The van der Waals surface area contributed by atoms with Crippen LogP contribution in [0.2, 0.25) is 0 Å². The highest BCUT2D eigenvalue weighted by atomic mass is 16.4. The fourth-order valence-corrected chi connectivity index (χ4v) is 5.20. The number of nitrogens with one attached hydrogen (secondary N) is 3. The summed E-state index contributed by atoms with van der Waals surface area (Å²) in [6, 6.07) is 16.7. The van der Waals surface area contributed by atoms with Crippen molar-refractivity contribution >= 4 is 29.2 Å². The Kier molecular flexibility index (Phi) is 8.83. The van der Waals surface area contributed by atoms with Gasteiger partial charge < -0.3 is 26.2 Å². The van der Waals surface area contributed by atoms with Gasteiger partial charge in [0.1, 0.15) is 0 Å². The van der Waals surface area contributed by atoms with E-state index in [1.807, 2.05) is 6.07 Å². The SMILES string of the molecule is CC1=C(C(=O)O)C(c2cccc(NC(=O)NCCCN3CC=C(c4ccccc4)CC3)c2)C(C(=O)O)=C(C)N1. The van der Waals surface area contributed by atoms with Crippen molar-refractivity contribution in [2.75, 3.05) is 31.5 Å². The van der Waals surface area contributed by atoms with Gasteiger partial charge in [-0.2, -0.15) is 0 Å². The molecule has 39 heavy (non-hydrogen) atoms. The normalized spacial score (nSPS) is 16.4. The van der Waals surface area contributed by atoms with Gasteiger partial charge in [0.2, 0.25) is 0 Å². The second-order valence-electron chi connectivity index (χ2n) is 9.75. The van der Waals surface area contributed by atoms with Crippen LogP contribution >= 0.6 is 0 Å². The number of benzene rings is 2. The van der Waals surface area contributed by atoms with Crippen molar-refractivity contribution in [3.63, 3.8) is 0 Å². The van der Waals surface area contributed by atoms with Crippen LogP contribution in [0.4, 0.5) is 10.5 Å². The van der Waals surface area contributed by atoms with Crippen LogP contribution in [0.15, 0.2) is 83.2 Å². The second kappa shape index (κ2) is 12.4. The Morgan fingerprint density at radius 3 is 2.28 bits per heavy atom. The van der Waals surface area contributed by atoms with E-state index in [1.54, 1.807) is 38.1 Å². The van der Waals surface area contributed by atoms with Crippen molar-refractivity contribution < 1.29 is 24.6 Å². The summed E-state index contributed by atoms with van der Waals surface area (Å²) in [5.41, 5.74) is 4.25. The van der Waals surface area contributed by atoms with Gasteiger partial charge >= 0.3 is 18.0 Å². The van der Waals surface area contributed by atoms with Gasteiger partial charge in [-0.05, 0) is 55.5 Å². The van der Waals surface area contributed by atoms with Gasteiger partial charge in [-0.25, -0.2) is 14.4 Å². The third-order valence-corrected chi connectivity index (χ3v) is 7.07. The number of aliphatic carboxylic acids is 2. The van der Waals surface area contributed by atoms with E-state index in [9.17, 15) is 24.6 Å². The van der Waals surface area contributed by atoms with Gasteiger partial charge in [0.15, 0.2) is 0 Å². The molecule has 0 unspecified atom stereocenters. The molecule has 0 fully saturated rings. The molecule has 2 aliphatic rings. The molecule has 0 radical (unpaired) electrons. The van der Waals surface area contributed by atoms with E-state index in [0.29, 0.717) is 29.2 Å². The number of amides is 2. The highest BCUT2D eigenvalue weighted by Crippen LogP contribution is 2.39. The first-order valence-corrected chi connectivity index (χ1v) is 13.0. The van der Waals surface area contributed by atoms with Crippen molar-refractivity contribution in [1.29, 1.82) is 0 Å². The summed E-state index contributed by atoms with van der Waals surface area (Å²) in [6.45, 7) is 6.46. The maximum absolute atomic E-state index is 12.5. The third kappa shape index (κ3) is 6.74. The molecule has 204 valence electrons. The van der Waals surface area contributed by atoms with Gasteiger partial charge in [-0.1, -0.05) is 48.5 Å². The minimum absolute atomic E-state index is 0.0388. The molecule has 9 heteroatoms. The number of hydrogen-bond acceptors (Lipinski definition) is 5. The fourth-order valence-electron chi connectivity index (χ4n) is 5.20. The molecule has 9 nitrogen and oxygen atoms in total. The van der Waals surface area contributed by atoms with E-state index in [-0.39, 0.29) is 17.2 Å². The minimum Gasteiger partial charge on any atom is -0.478 e. The largest absolute Gasteiger partial charge is 0.478 e. The predicted octanol–water partition coefficient (Wildman–Crippen LogP) is 4.39. The summed E-state index contributed by atoms with van der Waals surface area (Å²) >= 11 is 0. The van der Waals surface area contributed by atoms with Crippen LogP contribution in [0.25, 0.3) is 5.57 Å². The number of carbonyl (C=O) groups excluding carboxylic acids is 1. The number of allylic oxidation sites excluding steroid dienone is 2. The van der Waals surface area contributed by atoms with Crippen molar-refractivity contribution in [3.05, 3.63) is 94.3 Å². The van der Waals surface area contributed by atoms with Crippen LogP contribution in [-0.2, 0) is 9.59 Å². The van der Waals surface area contributed by atoms with Crippen LogP contribution in [0, 0.1) is 0 Å². The molecule has 4 rings (SSSR count). The Morgan fingerprint density at radius 1 is 0.974 bits per heavy atom. The first-order chi connectivity index (χ1) is 18.7. The number of carboxylic acids is 2. The number of rotatable bonds is 9. The van der Waals surface area contributed by atoms with Crippen molar-refractivity contribution in [1.82, 2.24) is 15.5 Å². The topological polar surface area (TPSA) is 131 Å². The molecule has 2 amide bonds. The molecule has 0 aliphatic carbocycles. The van der Waals surface area contributed by atoms with Crippen molar-refractivity contribution in [3.8, 4) is 0 Å². The van der Waals surface area contributed by atoms with E-state index in [0.717, 1.165) is 32.5 Å². The Bertz CT molecular complexity index is 1310. The van der Waals surface area contributed by atoms with Crippen LogP contribution < -0.4 is 16.0 Å². The molecule has 0 spiro atoms. The Hall–Kier alpha value is -4.37. The van der Waals surface area contributed by atoms with Gasteiger partial charge in [0, 0.05) is 43.3 Å². The lowest BCUT2D eigenvalue weighted by molar-refractivity contribution is -0.133. The molecule has 0 saturated carbocycles. The molecule has 2 aromatic carbocycles. The van der Waals surface area contributed by atoms with E-state index in [4.69, 9.17) is 0 Å². The smallest absolute Gasteiger partial charge is 0.334 e. The molecule has 0 saturated heterocycles.